The molecule has 7 heteroatoms. The second-order valence-corrected chi connectivity index (χ2v) is 7.84. The van der Waals surface area contributed by atoms with Gasteiger partial charge in [0.2, 0.25) is 5.91 Å². The molecule has 2 aromatic carbocycles. The van der Waals surface area contributed by atoms with Crippen LogP contribution in [0.25, 0.3) is 0 Å². The summed E-state index contributed by atoms with van der Waals surface area (Å²) in [4.78, 5) is 13.6. The summed E-state index contributed by atoms with van der Waals surface area (Å²) >= 11 is 0. The van der Waals surface area contributed by atoms with Gasteiger partial charge in [-0.15, -0.1) is 0 Å². The molecule has 1 heterocycles. The molecule has 26 heavy (non-hydrogen) atoms. The van der Waals surface area contributed by atoms with Gasteiger partial charge in [0, 0.05) is 24.3 Å². The fraction of sp³-hybridized carbons (Fsp3) is 0.316. The van der Waals surface area contributed by atoms with Crippen molar-refractivity contribution in [3.8, 4) is 5.75 Å². The van der Waals surface area contributed by atoms with Gasteiger partial charge in [0.1, 0.15) is 10.6 Å². The van der Waals surface area contributed by atoms with Crippen LogP contribution in [-0.2, 0) is 14.8 Å². The molecule has 1 N–H and O–H groups in total. The Balaban J connectivity index is 1.84. The van der Waals surface area contributed by atoms with Crippen LogP contribution in [0.1, 0.15) is 25.3 Å². The van der Waals surface area contributed by atoms with E-state index in [0.29, 0.717) is 31.0 Å². The SMILES string of the molecule is CCOc1ccc(C)cc1S(=O)(=O)Nc1ccc(N2CCCC2=O)cc1. The number of ether oxygens (including phenoxy) is 1. The van der Waals surface area contributed by atoms with Crippen molar-refractivity contribution in [1.82, 2.24) is 0 Å². The van der Waals surface area contributed by atoms with Gasteiger partial charge in [-0.3, -0.25) is 9.52 Å². The Bertz CT molecular complexity index is 908. The number of rotatable bonds is 6. The van der Waals surface area contributed by atoms with Crippen molar-refractivity contribution in [2.24, 2.45) is 0 Å². The minimum Gasteiger partial charge on any atom is -0.492 e. The summed E-state index contributed by atoms with van der Waals surface area (Å²) in [5, 5.41) is 0. The Morgan fingerprint density at radius 1 is 1.15 bits per heavy atom. The molecular formula is C19H22N2O4S. The summed E-state index contributed by atoms with van der Waals surface area (Å²) in [7, 11) is -3.79. The van der Waals surface area contributed by atoms with Crippen LogP contribution in [0.3, 0.4) is 0 Å². The Morgan fingerprint density at radius 2 is 1.88 bits per heavy atom. The van der Waals surface area contributed by atoms with Crippen LogP contribution in [0, 0.1) is 6.92 Å². The van der Waals surface area contributed by atoms with Gasteiger partial charge in [0.15, 0.2) is 0 Å². The van der Waals surface area contributed by atoms with Gasteiger partial charge in [-0.25, -0.2) is 8.42 Å². The molecule has 0 radical (unpaired) electrons. The minimum atomic E-state index is -3.79. The third kappa shape index (κ3) is 3.83. The van der Waals surface area contributed by atoms with Gasteiger partial charge in [-0.1, -0.05) is 6.07 Å². The third-order valence-electron chi connectivity index (χ3n) is 4.19. The second-order valence-electron chi connectivity index (χ2n) is 6.18. The molecule has 0 unspecified atom stereocenters. The van der Waals surface area contributed by atoms with Gasteiger partial charge >= 0.3 is 0 Å². The van der Waals surface area contributed by atoms with Crippen LogP contribution in [0.5, 0.6) is 5.75 Å². The van der Waals surface area contributed by atoms with Crippen molar-refractivity contribution in [1.29, 1.82) is 0 Å². The summed E-state index contributed by atoms with van der Waals surface area (Å²) in [5.41, 5.74) is 2.04. The molecule has 1 amide bonds. The highest BCUT2D eigenvalue weighted by atomic mass is 32.2. The maximum atomic E-state index is 12.8. The average Bonchev–Trinajstić information content (AvgIpc) is 3.03. The quantitative estimate of drug-likeness (QED) is 0.842. The zero-order valence-corrected chi connectivity index (χ0v) is 15.7. The molecule has 0 bridgehead atoms. The number of amides is 1. The molecule has 1 aliphatic heterocycles. The predicted molar refractivity (Wildman–Crippen MR) is 101 cm³/mol. The topological polar surface area (TPSA) is 75.7 Å². The molecule has 2 aromatic rings. The molecule has 0 saturated carbocycles. The Kier molecular flexibility index (Phi) is 5.18. The van der Waals surface area contributed by atoms with E-state index in [-0.39, 0.29) is 10.8 Å². The van der Waals surface area contributed by atoms with E-state index >= 15 is 0 Å². The van der Waals surface area contributed by atoms with Gasteiger partial charge in [0.25, 0.3) is 10.0 Å². The zero-order chi connectivity index (χ0) is 18.7. The third-order valence-corrected chi connectivity index (χ3v) is 5.60. The van der Waals surface area contributed by atoms with Crippen molar-refractivity contribution in [3.63, 3.8) is 0 Å². The maximum absolute atomic E-state index is 12.8. The molecular weight excluding hydrogens is 352 g/mol. The monoisotopic (exact) mass is 374 g/mol. The lowest BCUT2D eigenvalue weighted by atomic mass is 10.2. The Labute approximate surface area is 153 Å². The number of hydrogen-bond acceptors (Lipinski definition) is 4. The molecule has 3 rings (SSSR count). The number of benzene rings is 2. The first-order valence-electron chi connectivity index (χ1n) is 8.57. The Hall–Kier alpha value is -2.54. The van der Waals surface area contributed by atoms with Crippen LogP contribution in [0.4, 0.5) is 11.4 Å². The molecule has 1 fully saturated rings. The summed E-state index contributed by atoms with van der Waals surface area (Å²) in [6.45, 7) is 4.72. The van der Waals surface area contributed by atoms with Crippen LogP contribution in [-0.4, -0.2) is 27.5 Å². The number of anilines is 2. The van der Waals surface area contributed by atoms with Gasteiger partial charge in [-0.05, 0) is 62.2 Å². The Morgan fingerprint density at radius 3 is 2.50 bits per heavy atom. The highest BCUT2D eigenvalue weighted by Crippen LogP contribution is 2.28. The van der Waals surface area contributed by atoms with Crippen LogP contribution < -0.4 is 14.4 Å². The lowest BCUT2D eigenvalue weighted by molar-refractivity contribution is -0.117. The summed E-state index contributed by atoms with van der Waals surface area (Å²) < 4.78 is 33.6. The smallest absolute Gasteiger partial charge is 0.265 e. The number of carbonyl (C=O) groups excluding carboxylic acids is 1. The minimum absolute atomic E-state index is 0.0967. The van der Waals surface area contributed by atoms with Crippen molar-refractivity contribution in [3.05, 3.63) is 48.0 Å². The molecule has 1 saturated heterocycles. The normalized spacial score (nSPS) is 14.5. The second kappa shape index (κ2) is 7.37. The van der Waals surface area contributed by atoms with Gasteiger partial charge in [0.05, 0.1) is 6.61 Å². The number of hydrogen-bond donors (Lipinski definition) is 1. The fourth-order valence-corrected chi connectivity index (χ4v) is 4.23. The highest BCUT2D eigenvalue weighted by Gasteiger charge is 2.23. The molecule has 0 aliphatic carbocycles. The van der Waals surface area contributed by atoms with Crippen molar-refractivity contribution < 1.29 is 17.9 Å². The summed E-state index contributed by atoms with van der Waals surface area (Å²) in [5.74, 6) is 0.421. The van der Waals surface area contributed by atoms with E-state index in [1.54, 1.807) is 41.3 Å². The molecule has 138 valence electrons. The fourth-order valence-electron chi connectivity index (χ4n) is 2.94. The standard InChI is InChI=1S/C19H22N2O4S/c1-3-25-17-11-6-14(2)13-18(17)26(23,24)20-15-7-9-16(10-8-15)21-12-4-5-19(21)22/h6-11,13,20H,3-5,12H2,1-2H3. The molecule has 0 spiro atoms. The number of nitrogens with zero attached hydrogens (tertiary/aromatic N) is 1. The molecule has 6 nitrogen and oxygen atoms in total. The summed E-state index contributed by atoms with van der Waals surface area (Å²) in [6, 6.07) is 11.9. The molecule has 1 aliphatic rings. The van der Waals surface area contributed by atoms with Crippen LogP contribution in [0.15, 0.2) is 47.4 Å². The number of carbonyl (C=O) groups is 1. The number of aryl methyl sites for hydroxylation is 1. The maximum Gasteiger partial charge on any atom is 0.265 e. The molecule has 0 aromatic heterocycles. The van der Waals surface area contributed by atoms with Crippen molar-refractivity contribution in [2.45, 2.75) is 31.6 Å². The molecule has 0 atom stereocenters. The van der Waals surface area contributed by atoms with E-state index in [0.717, 1.165) is 17.7 Å². The zero-order valence-electron chi connectivity index (χ0n) is 14.9. The largest absolute Gasteiger partial charge is 0.492 e. The first-order chi connectivity index (χ1) is 12.4. The lowest BCUT2D eigenvalue weighted by Gasteiger charge is -2.17. The van der Waals surface area contributed by atoms with E-state index < -0.39 is 10.0 Å². The van der Waals surface area contributed by atoms with E-state index in [2.05, 4.69) is 4.72 Å². The van der Waals surface area contributed by atoms with Gasteiger partial charge < -0.3 is 9.64 Å². The van der Waals surface area contributed by atoms with E-state index in [9.17, 15) is 13.2 Å². The van der Waals surface area contributed by atoms with Crippen molar-refractivity contribution >= 4 is 27.3 Å². The lowest BCUT2D eigenvalue weighted by Crippen LogP contribution is -2.23. The van der Waals surface area contributed by atoms with Crippen LogP contribution >= 0.6 is 0 Å². The first-order valence-corrected chi connectivity index (χ1v) is 10.1. The van der Waals surface area contributed by atoms with Crippen molar-refractivity contribution in [2.75, 3.05) is 22.8 Å². The highest BCUT2D eigenvalue weighted by molar-refractivity contribution is 7.92. The summed E-state index contributed by atoms with van der Waals surface area (Å²) in [6.07, 6.45) is 1.41. The van der Waals surface area contributed by atoms with E-state index in [1.807, 2.05) is 19.9 Å². The number of nitrogens with one attached hydrogen (secondary N) is 1. The van der Waals surface area contributed by atoms with E-state index in [1.165, 1.54) is 0 Å². The average molecular weight is 374 g/mol. The predicted octanol–water partition coefficient (Wildman–Crippen LogP) is 3.32. The first kappa shape index (κ1) is 18.3. The number of sulfonamides is 1. The van der Waals surface area contributed by atoms with Crippen LogP contribution in [0.2, 0.25) is 0 Å². The van der Waals surface area contributed by atoms with Gasteiger partial charge in [-0.2, -0.15) is 0 Å². The van der Waals surface area contributed by atoms with E-state index in [4.69, 9.17) is 4.74 Å².